The molecule has 0 unspecified atom stereocenters. The lowest BCUT2D eigenvalue weighted by atomic mass is 10.2. The molecule has 0 aliphatic rings. The van der Waals surface area contributed by atoms with E-state index < -0.39 is 18.0 Å². The molecule has 1 rings (SSSR count). The fourth-order valence-corrected chi connectivity index (χ4v) is 1.62. The average Bonchev–Trinajstić information content (AvgIpc) is 2.28. The monoisotopic (exact) mass is 340 g/mol. The topological polar surface area (TPSA) is 64.4 Å². The zero-order valence-electron chi connectivity index (χ0n) is 9.76. The van der Waals surface area contributed by atoms with Gasteiger partial charge in [0.05, 0.1) is 5.69 Å². The predicted molar refractivity (Wildman–Crippen MR) is 67.7 cm³/mol. The van der Waals surface area contributed by atoms with Crippen molar-refractivity contribution in [3.8, 4) is 5.75 Å². The lowest BCUT2D eigenvalue weighted by Gasteiger charge is -2.14. The molecule has 1 aromatic carbocycles. The Morgan fingerprint density at radius 3 is 2.68 bits per heavy atom. The summed E-state index contributed by atoms with van der Waals surface area (Å²) in [5, 5.41) is 2.35. The van der Waals surface area contributed by atoms with Crippen molar-refractivity contribution in [3.05, 3.63) is 22.7 Å². The molecule has 0 aromatic heterocycles. The van der Waals surface area contributed by atoms with Crippen LogP contribution in [-0.2, 0) is 4.79 Å². The summed E-state index contributed by atoms with van der Waals surface area (Å²) < 4.78 is 40.9. The molecule has 3 N–H and O–H groups in total. The SMILES string of the molecule is NCCCC(=O)Nc1ccc(Br)cc1OC(F)(F)F. The van der Waals surface area contributed by atoms with E-state index in [1.807, 2.05) is 0 Å². The summed E-state index contributed by atoms with van der Waals surface area (Å²) >= 11 is 3.04. The van der Waals surface area contributed by atoms with E-state index in [1.54, 1.807) is 0 Å². The minimum atomic E-state index is -4.82. The third kappa shape index (κ3) is 5.93. The molecule has 1 aromatic rings. The van der Waals surface area contributed by atoms with Crippen LogP contribution < -0.4 is 15.8 Å². The minimum absolute atomic E-state index is 0.0393. The van der Waals surface area contributed by atoms with Crippen LogP contribution in [0.25, 0.3) is 0 Å². The molecule has 0 spiro atoms. The Balaban J connectivity index is 2.84. The molecule has 19 heavy (non-hydrogen) atoms. The van der Waals surface area contributed by atoms with Gasteiger partial charge >= 0.3 is 6.36 Å². The summed E-state index contributed by atoms with van der Waals surface area (Å²) in [5.41, 5.74) is 5.20. The number of hydrogen-bond acceptors (Lipinski definition) is 3. The number of alkyl halides is 3. The van der Waals surface area contributed by atoms with Crippen LogP contribution in [0.3, 0.4) is 0 Å². The van der Waals surface area contributed by atoms with E-state index in [4.69, 9.17) is 5.73 Å². The highest BCUT2D eigenvalue weighted by molar-refractivity contribution is 9.10. The van der Waals surface area contributed by atoms with Gasteiger partial charge in [-0.05, 0) is 31.2 Å². The molecule has 0 aliphatic carbocycles. The van der Waals surface area contributed by atoms with Crippen molar-refractivity contribution >= 4 is 27.5 Å². The van der Waals surface area contributed by atoms with Crippen molar-refractivity contribution in [1.82, 2.24) is 0 Å². The molecule has 0 radical (unpaired) electrons. The lowest BCUT2D eigenvalue weighted by Crippen LogP contribution is -2.20. The third-order valence-electron chi connectivity index (χ3n) is 2.05. The van der Waals surface area contributed by atoms with Crippen molar-refractivity contribution < 1.29 is 22.7 Å². The molecule has 0 bridgehead atoms. The standard InChI is InChI=1S/C11H12BrF3N2O2/c12-7-3-4-8(17-10(18)2-1-5-16)9(6-7)19-11(13,14)15/h3-4,6H,1-2,5,16H2,(H,17,18). The number of ether oxygens (including phenoxy) is 1. The van der Waals surface area contributed by atoms with Gasteiger partial charge in [-0.15, -0.1) is 13.2 Å². The number of carbonyl (C=O) groups is 1. The number of nitrogens with one attached hydrogen (secondary N) is 1. The zero-order chi connectivity index (χ0) is 14.5. The van der Waals surface area contributed by atoms with Gasteiger partial charge in [-0.2, -0.15) is 0 Å². The van der Waals surface area contributed by atoms with Gasteiger partial charge < -0.3 is 15.8 Å². The van der Waals surface area contributed by atoms with Gasteiger partial charge in [0, 0.05) is 10.9 Å². The number of anilines is 1. The van der Waals surface area contributed by atoms with E-state index in [-0.39, 0.29) is 12.1 Å². The van der Waals surface area contributed by atoms with Crippen LogP contribution in [0.15, 0.2) is 22.7 Å². The van der Waals surface area contributed by atoms with Crippen molar-refractivity contribution in [3.63, 3.8) is 0 Å². The second-order valence-electron chi connectivity index (χ2n) is 3.63. The van der Waals surface area contributed by atoms with Crippen molar-refractivity contribution in [2.75, 3.05) is 11.9 Å². The summed E-state index contributed by atoms with van der Waals surface area (Å²) in [4.78, 5) is 11.5. The smallest absolute Gasteiger partial charge is 0.404 e. The van der Waals surface area contributed by atoms with Crippen LogP contribution in [0, 0.1) is 0 Å². The first-order valence-corrected chi connectivity index (χ1v) is 6.16. The first kappa shape index (κ1) is 15.8. The van der Waals surface area contributed by atoms with E-state index >= 15 is 0 Å². The number of halogens is 4. The fraction of sp³-hybridized carbons (Fsp3) is 0.364. The van der Waals surface area contributed by atoms with Crippen LogP contribution in [0.1, 0.15) is 12.8 Å². The van der Waals surface area contributed by atoms with E-state index in [0.717, 1.165) is 6.07 Å². The van der Waals surface area contributed by atoms with E-state index in [0.29, 0.717) is 17.4 Å². The minimum Gasteiger partial charge on any atom is -0.404 e. The molecule has 8 heteroatoms. The normalized spacial score (nSPS) is 11.2. The fourth-order valence-electron chi connectivity index (χ4n) is 1.28. The molecule has 0 atom stereocenters. The van der Waals surface area contributed by atoms with E-state index in [1.165, 1.54) is 12.1 Å². The number of nitrogens with two attached hydrogens (primary N) is 1. The highest BCUT2D eigenvalue weighted by Crippen LogP contribution is 2.33. The Hall–Kier alpha value is -1.28. The first-order chi connectivity index (χ1) is 8.81. The second-order valence-corrected chi connectivity index (χ2v) is 4.54. The molecular formula is C11H12BrF3N2O2. The van der Waals surface area contributed by atoms with Gasteiger partial charge in [0.15, 0.2) is 5.75 Å². The number of benzene rings is 1. The summed E-state index contributed by atoms with van der Waals surface area (Å²) in [7, 11) is 0. The van der Waals surface area contributed by atoms with Crippen molar-refractivity contribution in [2.45, 2.75) is 19.2 Å². The zero-order valence-corrected chi connectivity index (χ0v) is 11.3. The molecule has 1 amide bonds. The van der Waals surface area contributed by atoms with Gasteiger partial charge in [-0.1, -0.05) is 15.9 Å². The van der Waals surface area contributed by atoms with Gasteiger partial charge in [-0.3, -0.25) is 4.79 Å². The number of carbonyl (C=O) groups excluding carboxylic acids is 1. The largest absolute Gasteiger partial charge is 0.573 e. The van der Waals surface area contributed by atoms with Crippen LogP contribution in [-0.4, -0.2) is 18.8 Å². The Morgan fingerprint density at radius 1 is 1.42 bits per heavy atom. The van der Waals surface area contributed by atoms with Crippen LogP contribution in [0.4, 0.5) is 18.9 Å². The number of rotatable bonds is 5. The maximum Gasteiger partial charge on any atom is 0.573 e. The molecule has 0 heterocycles. The Morgan fingerprint density at radius 2 is 2.11 bits per heavy atom. The summed E-state index contributed by atoms with van der Waals surface area (Å²) in [6.07, 6.45) is -4.23. The Kier molecular flexibility index (Phi) is 5.61. The molecule has 106 valence electrons. The van der Waals surface area contributed by atoms with Gasteiger partial charge in [0.2, 0.25) is 5.91 Å². The molecule has 0 saturated carbocycles. The summed E-state index contributed by atoms with van der Waals surface area (Å²) in [5.74, 6) is -0.886. The molecular weight excluding hydrogens is 329 g/mol. The van der Waals surface area contributed by atoms with Gasteiger partial charge in [0.1, 0.15) is 0 Å². The second kappa shape index (κ2) is 6.76. The molecule has 0 fully saturated rings. The Labute approximate surface area is 116 Å². The maximum atomic E-state index is 12.2. The van der Waals surface area contributed by atoms with E-state index in [2.05, 4.69) is 26.0 Å². The van der Waals surface area contributed by atoms with Crippen LogP contribution in [0.2, 0.25) is 0 Å². The highest BCUT2D eigenvalue weighted by atomic mass is 79.9. The molecule has 4 nitrogen and oxygen atoms in total. The Bertz CT molecular complexity index is 452. The quantitative estimate of drug-likeness (QED) is 0.865. The molecule has 0 saturated heterocycles. The van der Waals surface area contributed by atoms with Gasteiger partial charge in [-0.25, -0.2) is 0 Å². The maximum absolute atomic E-state index is 12.2. The average molecular weight is 341 g/mol. The number of amides is 1. The highest BCUT2D eigenvalue weighted by Gasteiger charge is 2.32. The van der Waals surface area contributed by atoms with Crippen molar-refractivity contribution in [2.24, 2.45) is 5.73 Å². The lowest BCUT2D eigenvalue weighted by molar-refractivity contribution is -0.274. The number of hydrogen-bond donors (Lipinski definition) is 2. The third-order valence-corrected chi connectivity index (χ3v) is 2.54. The van der Waals surface area contributed by atoms with E-state index in [9.17, 15) is 18.0 Å². The summed E-state index contributed by atoms with van der Waals surface area (Å²) in [6.45, 7) is 0.333. The van der Waals surface area contributed by atoms with Gasteiger partial charge in [0.25, 0.3) is 0 Å². The van der Waals surface area contributed by atoms with Crippen LogP contribution in [0.5, 0.6) is 5.75 Å². The van der Waals surface area contributed by atoms with Crippen molar-refractivity contribution in [1.29, 1.82) is 0 Å². The van der Waals surface area contributed by atoms with Crippen LogP contribution >= 0.6 is 15.9 Å². The first-order valence-electron chi connectivity index (χ1n) is 5.37. The summed E-state index contributed by atoms with van der Waals surface area (Å²) in [6, 6.07) is 3.96. The predicted octanol–water partition coefficient (Wildman–Crippen LogP) is 3.03. The molecule has 0 aliphatic heterocycles.